The van der Waals surface area contributed by atoms with E-state index in [1.807, 2.05) is 6.26 Å². The molecule has 1 aromatic carbocycles. The Morgan fingerprint density at radius 2 is 2.19 bits per heavy atom. The number of nitrogens with zero attached hydrogens (tertiary/aromatic N) is 1. The molecular formula is C9H9NO5S. The molecule has 0 bridgehead atoms. The molecule has 1 rings (SSSR count). The average molecular weight is 243 g/mol. The highest BCUT2D eigenvalue weighted by Crippen LogP contribution is 2.20. The summed E-state index contributed by atoms with van der Waals surface area (Å²) < 4.78 is 4.57. The molecule has 0 atom stereocenters. The number of carbonyl (C=O) groups is 1. The van der Waals surface area contributed by atoms with E-state index in [0.29, 0.717) is 5.56 Å². The van der Waals surface area contributed by atoms with Crippen molar-refractivity contribution in [1.29, 1.82) is 0 Å². The molecule has 0 saturated carbocycles. The Morgan fingerprint density at radius 3 is 2.81 bits per heavy atom. The van der Waals surface area contributed by atoms with Gasteiger partial charge in [-0.1, -0.05) is 12.1 Å². The summed E-state index contributed by atoms with van der Waals surface area (Å²) in [7, 11) is 0. The Bertz CT molecular complexity index is 395. The van der Waals surface area contributed by atoms with Crippen LogP contribution >= 0.6 is 11.8 Å². The lowest BCUT2D eigenvalue weighted by Gasteiger charge is -2.06. The number of hydrogen-bond acceptors (Lipinski definition) is 6. The van der Waals surface area contributed by atoms with Gasteiger partial charge in [0.1, 0.15) is 0 Å². The molecule has 0 amide bonds. The van der Waals surface area contributed by atoms with Crippen LogP contribution < -0.4 is 0 Å². The van der Waals surface area contributed by atoms with E-state index in [-0.39, 0.29) is 0 Å². The Kier molecular flexibility index (Phi) is 4.59. The molecule has 0 aliphatic heterocycles. The SMILES string of the molecule is CSc1ccccc1C(=O)OCO[N+](=O)[O-]. The van der Waals surface area contributed by atoms with Crippen molar-refractivity contribution in [3.63, 3.8) is 0 Å². The largest absolute Gasteiger partial charge is 0.434 e. The normalized spacial score (nSPS) is 9.56. The zero-order valence-electron chi connectivity index (χ0n) is 8.41. The quantitative estimate of drug-likeness (QED) is 0.257. The van der Waals surface area contributed by atoms with Crippen molar-refractivity contribution >= 4 is 17.7 Å². The smallest absolute Gasteiger partial charge is 0.341 e. The number of carbonyl (C=O) groups excluding carboxylic acids is 1. The summed E-state index contributed by atoms with van der Waals surface area (Å²) in [6.07, 6.45) is 1.82. The second-order valence-corrected chi connectivity index (χ2v) is 3.45. The van der Waals surface area contributed by atoms with Crippen LogP contribution in [0.4, 0.5) is 0 Å². The summed E-state index contributed by atoms with van der Waals surface area (Å²) in [5.41, 5.74) is 0.363. The lowest BCUT2D eigenvalue weighted by molar-refractivity contribution is -0.765. The van der Waals surface area contributed by atoms with Gasteiger partial charge in [-0.15, -0.1) is 21.9 Å². The number of esters is 1. The third-order valence-corrected chi connectivity index (χ3v) is 2.47. The van der Waals surface area contributed by atoms with E-state index >= 15 is 0 Å². The highest BCUT2D eigenvalue weighted by Gasteiger charge is 2.11. The Morgan fingerprint density at radius 1 is 1.50 bits per heavy atom. The number of benzene rings is 1. The van der Waals surface area contributed by atoms with Gasteiger partial charge in [0.2, 0.25) is 6.79 Å². The first-order valence-corrected chi connectivity index (χ1v) is 5.45. The van der Waals surface area contributed by atoms with Gasteiger partial charge in [-0.2, -0.15) is 0 Å². The third kappa shape index (κ3) is 3.43. The summed E-state index contributed by atoms with van der Waals surface area (Å²) in [6.45, 7) is -0.700. The molecule has 0 radical (unpaired) electrons. The van der Waals surface area contributed by atoms with Gasteiger partial charge in [0.25, 0.3) is 5.09 Å². The van der Waals surface area contributed by atoms with E-state index in [1.165, 1.54) is 11.8 Å². The fraction of sp³-hybridized carbons (Fsp3) is 0.222. The highest BCUT2D eigenvalue weighted by atomic mass is 32.2. The minimum atomic E-state index is -1.02. The second-order valence-electron chi connectivity index (χ2n) is 2.60. The van der Waals surface area contributed by atoms with Crippen molar-refractivity contribution in [1.82, 2.24) is 0 Å². The Balaban J connectivity index is 2.62. The highest BCUT2D eigenvalue weighted by molar-refractivity contribution is 7.98. The Labute approximate surface area is 95.6 Å². The van der Waals surface area contributed by atoms with Gasteiger partial charge in [0, 0.05) is 4.90 Å². The van der Waals surface area contributed by atoms with Crippen LogP contribution in [0.5, 0.6) is 0 Å². The minimum Gasteiger partial charge on any atom is -0.434 e. The molecule has 0 saturated heterocycles. The third-order valence-electron chi connectivity index (χ3n) is 1.68. The maximum atomic E-state index is 11.5. The molecule has 0 aliphatic rings. The molecule has 7 heteroatoms. The summed E-state index contributed by atoms with van der Waals surface area (Å²) in [5.74, 6) is -0.646. The fourth-order valence-electron chi connectivity index (χ4n) is 1.01. The van der Waals surface area contributed by atoms with Crippen molar-refractivity contribution in [2.45, 2.75) is 4.90 Å². The van der Waals surface area contributed by atoms with Gasteiger partial charge in [0.15, 0.2) is 0 Å². The molecule has 0 unspecified atom stereocenters. The molecule has 0 spiro atoms. The standard InChI is InChI=1S/C9H9NO5S/c1-16-8-5-3-2-4-7(8)9(11)14-6-15-10(12)13/h2-5H,6H2,1H3. The molecular weight excluding hydrogens is 234 g/mol. The van der Waals surface area contributed by atoms with E-state index in [0.717, 1.165) is 4.90 Å². The van der Waals surface area contributed by atoms with Gasteiger partial charge in [0.05, 0.1) is 5.56 Å². The van der Waals surface area contributed by atoms with Gasteiger partial charge < -0.3 is 4.74 Å². The van der Waals surface area contributed by atoms with Crippen molar-refractivity contribution < 1.29 is 19.5 Å². The van der Waals surface area contributed by atoms with Crippen LogP contribution in [-0.4, -0.2) is 24.1 Å². The summed E-state index contributed by atoms with van der Waals surface area (Å²) in [4.78, 5) is 25.9. The molecule has 6 nitrogen and oxygen atoms in total. The molecule has 16 heavy (non-hydrogen) atoms. The number of ether oxygens (including phenoxy) is 1. The van der Waals surface area contributed by atoms with Crippen LogP contribution in [0.2, 0.25) is 0 Å². The monoisotopic (exact) mass is 243 g/mol. The first-order chi connectivity index (χ1) is 7.65. The fourth-order valence-corrected chi connectivity index (χ4v) is 1.60. The van der Waals surface area contributed by atoms with Gasteiger partial charge in [-0.05, 0) is 18.4 Å². The van der Waals surface area contributed by atoms with Crippen LogP contribution in [-0.2, 0) is 9.57 Å². The van der Waals surface area contributed by atoms with Crippen molar-refractivity contribution in [3.05, 3.63) is 39.9 Å². The van der Waals surface area contributed by atoms with E-state index in [2.05, 4.69) is 9.57 Å². The zero-order valence-corrected chi connectivity index (χ0v) is 9.23. The van der Waals surface area contributed by atoms with Crippen molar-refractivity contribution in [2.24, 2.45) is 0 Å². The van der Waals surface area contributed by atoms with Crippen molar-refractivity contribution in [3.8, 4) is 0 Å². The predicted octanol–water partition coefficient (Wildman–Crippen LogP) is 1.73. The maximum Gasteiger partial charge on any atom is 0.341 e. The van der Waals surface area contributed by atoms with Gasteiger partial charge in [-0.3, -0.25) is 4.84 Å². The molecule has 0 N–H and O–H groups in total. The zero-order chi connectivity index (χ0) is 12.0. The van der Waals surface area contributed by atoms with Crippen LogP contribution in [0.1, 0.15) is 10.4 Å². The minimum absolute atomic E-state index is 0.363. The van der Waals surface area contributed by atoms with E-state index in [1.54, 1.807) is 24.3 Å². The number of rotatable bonds is 5. The maximum absolute atomic E-state index is 11.5. The van der Waals surface area contributed by atoms with Crippen LogP contribution in [0.15, 0.2) is 29.2 Å². The second kappa shape index (κ2) is 5.96. The molecule has 0 aromatic heterocycles. The summed E-state index contributed by atoms with van der Waals surface area (Å²) >= 11 is 1.39. The average Bonchev–Trinajstić information content (AvgIpc) is 2.28. The lowest BCUT2D eigenvalue weighted by Crippen LogP contribution is -2.12. The molecule has 0 heterocycles. The number of hydrogen-bond donors (Lipinski definition) is 0. The van der Waals surface area contributed by atoms with Crippen LogP contribution in [0, 0.1) is 10.1 Å². The predicted molar refractivity (Wildman–Crippen MR) is 56.6 cm³/mol. The molecule has 0 fully saturated rings. The van der Waals surface area contributed by atoms with Crippen molar-refractivity contribution in [2.75, 3.05) is 13.0 Å². The van der Waals surface area contributed by atoms with Gasteiger partial charge >= 0.3 is 5.97 Å². The topological polar surface area (TPSA) is 78.7 Å². The summed E-state index contributed by atoms with van der Waals surface area (Å²) in [5, 5.41) is 8.81. The molecule has 86 valence electrons. The molecule has 0 aliphatic carbocycles. The van der Waals surface area contributed by atoms with E-state index < -0.39 is 17.8 Å². The van der Waals surface area contributed by atoms with Crippen LogP contribution in [0.3, 0.4) is 0 Å². The Hall–Kier alpha value is -1.76. The molecule has 1 aromatic rings. The number of thioether (sulfide) groups is 1. The lowest BCUT2D eigenvalue weighted by atomic mass is 10.2. The van der Waals surface area contributed by atoms with E-state index in [9.17, 15) is 14.9 Å². The van der Waals surface area contributed by atoms with E-state index in [4.69, 9.17) is 0 Å². The van der Waals surface area contributed by atoms with Gasteiger partial charge in [-0.25, -0.2) is 4.79 Å². The van der Waals surface area contributed by atoms with Crippen LogP contribution in [0.25, 0.3) is 0 Å². The first kappa shape index (κ1) is 12.3. The summed E-state index contributed by atoms with van der Waals surface area (Å²) in [6, 6.07) is 6.82. The first-order valence-electron chi connectivity index (χ1n) is 4.22.